The molecule has 0 spiro atoms. The van der Waals surface area contributed by atoms with E-state index in [0.29, 0.717) is 5.15 Å². The van der Waals surface area contributed by atoms with Crippen LogP contribution in [0.3, 0.4) is 0 Å². The molecule has 0 N–H and O–H groups in total. The molecule has 0 saturated heterocycles. The summed E-state index contributed by atoms with van der Waals surface area (Å²) in [5, 5.41) is 0.559. The highest BCUT2D eigenvalue weighted by Gasteiger charge is 2.27. The molecule has 1 unspecified atom stereocenters. The molecule has 1 rings (SSSR count). The molecule has 2 nitrogen and oxygen atoms in total. The Morgan fingerprint density at radius 1 is 0.950 bits per heavy atom. The summed E-state index contributed by atoms with van der Waals surface area (Å²) in [6.45, 7) is 6.84. The molecule has 0 saturated carbocycles. The van der Waals surface area contributed by atoms with Gasteiger partial charge in [0, 0.05) is 5.41 Å². The molecule has 1 aromatic rings. The number of halogens is 1. The first-order chi connectivity index (χ1) is 9.62. The standard InChI is InChI=1S/C17H29ClN2/c1-4-6-8-9-10-12-17(3,11-7-5-2)15-13-16(18)20-14-19-15/h13-14H,4-12H2,1-3H3. The average molecular weight is 297 g/mol. The average Bonchev–Trinajstić information content (AvgIpc) is 2.45. The van der Waals surface area contributed by atoms with Crippen LogP contribution in [0.1, 0.15) is 84.3 Å². The van der Waals surface area contributed by atoms with Crippen LogP contribution in [-0.4, -0.2) is 9.97 Å². The molecule has 0 aromatic carbocycles. The minimum Gasteiger partial charge on any atom is -0.241 e. The van der Waals surface area contributed by atoms with E-state index in [1.165, 1.54) is 57.8 Å². The summed E-state index contributed by atoms with van der Waals surface area (Å²) in [4.78, 5) is 8.49. The number of unbranched alkanes of at least 4 members (excludes halogenated alkanes) is 5. The number of aromatic nitrogens is 2. The lowest BCUT2D eigenvalue weighted by Crippen LogP contribution is -2.23. The van der Waals surface area contributed by atoms with Crippen LogP contribution in [0.15, 0.2) is 12.4 Å². The highest BCUT2D eigenvalue weighted by molar-refractivity contribution is 6.29. The highest BCUT2D eigenvalue weighted by Crippen LogP contribution is 2.34. The highest BCUT2D eigenvalue weighted by atomic mass is 35.5. The molecule has 0 aliphatic carbocycles. The molecule has 0 amide bonds. The van der Waals surface area contributed by atoms with Gasteiger partial charge in [0.05, 0.1) is 5.69 Å². The molecule has 1 atom stereocenters. The molecule has 1 aromatic heterocycles. The van der Waals surface area contributed by atoms with Gasteiger partial charge in [0.25, 0.3) is 0 Å². The first kappa shape index (κ1) is 17.4. The fourth-order valence-corrected chi connectivity index (χ4v) is 2.88. The van der Waals surface area contributed by atoms with Crippen molar-refractivity contribution in [2.75, 3.05) is 0 Å². The number of hydrogen-bond donors (Lipinski definition) is 0. The molecule has 0 aliphatic heterocycles. The fraction of sp³-hybridized carbons (Fsp3) is 0.765. The number of nitrogens with zero attached hydrogens (tertiary/aromatic N) is 2. The Hall–Kier alpha value is -0.630. The topological polar surface area (TPSA) is 25.8 Å². The van der Waals surface area contributed by atoms with E-state index in [0.717, 1.165) is 5.69 Å². The van der Waals surface area contributed by atoms with Crippen molar-refractivity contribution in [3.05, 3.63) is 23.2 Å². The van der Waals surface area contributed by atoms with E-state index >= 15 is 0 Å². The van der Waals surface area contributed by atoms with E-state index in [9.17, 15) is 0 Å². The van der Waals surface area contributed by atoms with Crippen molar-refractivity contribution in [2.24, 2.45) is 0 Å². The predicted octanol–water partition coefficient (Wildman–Crippen LogP) is 5.94. The van der Waals surface area contributed by atoms with Crippen molar-refractivity contribution in [2.45, 2.75) is 84.0 Å². The van der Waals surface area contributed by atoms with Crippen LogP contribution in [-0.2, 0) is 5.41 Å². The van der Waals surface area contributed by atoms with Crippen LogP contribution < -0.4 is 0 Å². The molecular formula is C17H29ClN2. The Balaban J connectivity index is 2.65. The van der Waals surface area contributed by atoms with Crippen molar-refractivity contribution >= 4 is 11.6 Å². The second-order valence-corrected chi connectivity index (χ2v) is 6.44. The van der Waals surface area contributed by atoms with E-state index in [4.69, 9.17) is 11.6 Å². The summed E-state index contributed by atoms with van der Waals surface area (Å²) in [5.74, 6) is 0. The number of hydrogen-bond acceptors (Lipinski definition) is 2. The maximum absolute atomic E-state index is 6.04. The summed E-state index contributed by atoms with van der Waals surface area (Å²) in [6.07, 6.45) is 13.1. The Bertz CT molecular complexity index is 381. The second kappa shape index (κ2) is 9.33. The first-order valence-corrected chi connectivity index (χ1v) is 8.48. The molecule has 0 aliphatic rings. The molecule has 114 valence electrons. The first-order valence-electron chi connectivity index (χ1n) is 8.10. The quantitative estimate of drug-likeness (QED) is 0.394. The van der Waals surface area contributed by atoms with Crippen LogP contribution in [0, 0.1) is 0 Å². The van der Waals surface area contributed by atoms with Gasteiger partial charge in [-0.3, -0.25) is 0 Å². The molecule has 20 heavy (non-hydrogen) atoms. The van der Waals surface area contributed by atoms with Crippen molar-refractivity contribution in [1.82, 2.24) is 9.97 Å². The van der Waals surface area contributed by atoms with E-state index in [-0.39, 0.29) is 5.41 Å². The lowest BCUT2D eigenvalue weighted by molar-refractivity contribution is 0.359. The van der Waals surface area contributed by atoms with Gasteiger partial charge in [-0.2, -0.15) is 0 Å². The van der Waals surface area contributed by atoms with Crippen LogP contribution in [0.2, 0.25) is 5.15 Å². The van der Waals surface area contributed by atoms with Crippen molar-refractivity contribution in [3.63, 3.8) is 0 Å². The summed E-state index contributed by atoms with van der Waals surface area (Å²) in [6, 6.07) is 1.95. The largest absolute Gasteiger partial charge is 0.241 e. The van der Waals surface area contributed by atoms with Crippen LogP contribution in [0.25, 0.3) is 0 Å². The zero-order valence-electron chi connectivity index (χ0n) is 13.3. The van der Waals surface area contributed by atoms with Gasteiger partial charge in [-0.05, 0) is 18.9 Å². The Kier molecular flexibility index (Phi) is 8.13. The van der Waals surface area contributed by atoms with E-state index < -0.39 is 0 Å². The third-order valence-corrected chi connectivity index (χ3v) is 4.37. The minimum atomic E-state index is 0.148. The third-order valence-electron chi connectivity index (χ3n) is 4.17. The second-order valence-electron chi connectivity index (χ2n) is 6.05. The smallest absolute Gasteiger partial charge is 0.132 e. The Labute approximate surface area is 129 Å². The lowest BCUT2D eigenvalue weighted by atomic mass is 9.77. The third kappa shape index (κ3) is 5.78. The summed E-state index contributed by atoms with van der Waals surface area (Å²) in [5.41, 5.74) is 1.26. The van der Waals surface area contributed by atoms with Crippen LogP contribution in [0.5, 0.6) is 0 Å². The SMILES string of the molecule is CCCCCCCC(C)(CCCC)c1cc(Cl)ncn1. The van der Waals surface area contributed by atoms with Gasteiger partial charge in [-0.1, -0.05) is 77.3 Å². The lowest BCUT2D eigenvalue weighted by Gasteiger charge is -2.29. The van der Waals surface area contributed by atoms with Gasteiger partial charge < -0.3 is 0 Å². The molecular weight excluding hydrogens is 268 g/mol. The normalized spacial score (nSPS) is 14.2. The maximum atomic E-state index is 6.04. The predicted molar refractivity (Wildman–Crippen MR) is 87.3 cm³/mol. The number of rotatable bonds is 10. The van der Waals surface area contributed by atoms with E-state index in [2.05, 4.69) is 30.7 Å². The Morgan fingerprint density at radius 3 is 2.25 bits per heavy atom. The molecule has 1 heterocycles. The van der Waals surface area contributed by atoms with Gasteiger partial charge in [-0.15, -0.1) is 0 Å². The van der Waals surface area contributed by atoms with Gasteiger partial charge in [-0.25, -0.2) is 9.97 Å². The fourth-order valence-electron chi connectivity index (χ4n) is 2.73. The zero-order valence-corrected chi connectivity index (χ0v) is 14.0. The summed E-state index contributed by atoms with van der Waals surface area (Å²) in [7, 11) is 0. The minimum absolute atomic E-state index is 0.148. The van der Waals surface area contributed by atoms with Gasteiger partial charge in [0.15, 0.2) is 0 Å². The van der Waals surface area contributed by atoms with Gasteiger partial charge in [0.1, 0.15) is 11.5 Å². The van der Waals surface area contributed by atoms with E-state index in [1.807, 2.05) is 6.07 Å². The molecule has 0 fully saturated rings. The van der Waals surface area contributed by atoms with Crippen LogP contribution >= 0.6 is 11.6 Å². The molecule has 0 bridgehead atoms. The van der Waals surface area contributed by atoms with Crippen molar-refractivity contribution in [3.8, 4) is 0 Å². The Morgan fingerprint density at radius 2 is 1.60 bits per heavy atom. The van der Waals surface area contributed by atoms with Crippen molar-refractivity contribution < 1.29 is 0 Å². The summed E-state index contributed by atoms with van der Waals surface area (Å²) >= 11 is 6.04. The van der Waals surface area contributed by atoms with E-state index in [1.54, 1.807) is 6.33 Å². The molecule has 0 radical (unpaired) electrons. The monoisotopic (exact) mass is 296 g/mol. The molecule has 3 heteroatoms. The zero-order chi connectivity index (χ0) is 14.8. The maximum Gasteiger partial charge on any atom is 0.132 e. The van der Waals surface area contributed by atoms with Crippen molar-refractivity contribution in [1.29, 1.82) is 0 Å². The van der Waals surface area contributed by atoms with Crippen LogP contribution in [0.4, 0.5) is 0 Å². The van der Waals surface area contributed by atoms with Gasteiger partial charge >= 0.3 is 0 Å². The summed E-state index contributed by atoms with van der Waals surface area (Å²) < 4.78 is 0. The van der Waals surface area contributed by atoms with Gasteiger partial charge in [0.2, 0.25) is 0 Å².